The minimum atomic E-state index is -0.0571. The molecule has 0 spiro atoms. The first-order valence-electron chi connectivity index (χ1n) is 8.69. The largest absolute Gasteiger partial charge is 0.379 e. The summed E-state index contributed by atoms with van der Waals surface area (Å²) in [5.74, 6) is 1.17. The molecule has 0 aliphatic carbocycles. The molecule has 1 fully saturated rings. The molecule has 7 heteroatoms. The van der Waals surface area contributed by atoms with E-state index in [-0.39, 0.29) is 12.5 Å². The van der Waals surface area contributed by atoms with Gasteiger partial charge in [0.2, 0.25) is 5.91 Å². The number of nitrogens with one attached hydrogen (secondary N) is 3. The van der Waals surface area contributed by atoms with Crippen molar-refractivity contribution in [2.45, 2.75) is 33.7 Å². The van der Waals surface area contributed by atoms with E-state index in [2.05, 4.69) is 39.7 Å². The van der Waals surface area contributed by atoms with Crippen LogP contribution in [0.2, 0.25) is 0 Å². The number of rotatable bonds is 8. The van der Waals surface area contributed by atoms with Gasteiger partial charge in [-0.25, -0.2) is 4.99 Å². The summed E-state index contributed by atoms with van der Waals surface area (Å²) in [5, 5.41) is 9.32. The van der Waals surface area contributed by atoms with Gasteiger partial charge in [0.1, 0.15) is 6.54 Å². The van der Waals surface area contributed by atoms with E-state index in [9.17, 15) is 4.79 Å². The molecule has 1 rings (SSSR count). The van der Waals surface area contributed by atoms with Crippen molar-refractivity contribution in [3.8, 4) is 0 Å². The van der Waals surface area contributed by atoms with Gasteiger partial charge in [0.15, 0.2) is 5.96 Å². The lowest BCUT2D eigenvalue weighted by molar-refractivity contribution is -0.119. The molecule has 1 amide bonds. The summed E-state index contributed by atoms with van der Waals surface area (Å²) in [5.41, 5.74) is 0. The average molecular weight is 327 g/mol. The first-order valence-corrected chi connectivity index (χ1v) is 8.69. The van der Waals surface area contributed by atoms with Gasteiger partial charge in [-0.2, -0.15) is 0 Å². The Labute approximate surface area is 140 Å². The van der Waals surface area contributed by atoms with Crippen LogP contribution in [0.4, 0.5) is 0 Å². The van der Waals surface area contributed by atoms with Crippen LogP contribution in [-0.4, -0.2) is 75.3 Å². The van der Waals surface area contributed by atoms with Gasteiger partial charge in [-0.15, -0.1) is 0 Å². The lowest BCUT2D eigenvalue weighted by Gasteiger charge is -2.37. The van der Waals surface area contributed by atoms with E-state index in [4.69, 9.17) is 4.74 Å². The monoisotopic (exact) mass is 327 g/mol. The van der Waals surface area contributed by atoms with Crippen LogP contribution in [0.15, 0.2) is 4.99 Å². The zero-order chi connectivity index (χ0) is 17.1. The van der Waals surface area contributed by atoms with Gasteiger partial charge < -0.3 is 20.7 Å². The van der Waals surface area contributed by atoms with Crippen LogP contribution < -0.4 is 16.0 Å². The number of ether oxygens (including phenoxy) is 1. The first kappa shape index (κ1) is 19.7. The molecule has 1 aliphatic heterocycles. The highest BCUT2D eigenvalue weighted by molar-refractivity contribution is 5.84. The number of nitrogens with zero attached hydrogens (tertiary/aromatic N) is 2. The number of carbonyl (C=O) groups excluding carboxylic acids is 1. The van der Waals surface area contributed by atoms with Crippen LogP contribution in [0.1, 0.15) is 27.7 Å². The fourth-order valence-corrected chi connectivity index (χ4v) is 2.64. The van der Waals surface area contributed by atoms with E-state index in [0.29, 0.717) is 24.5 Å². The van der Waals surface area contributed by atoms with Crippen LogP contribution >= 0.6 is 0 Å². The third-order valence-corrected chi connectivity index (χ3v) is 3.86. The Hall–Kier alpha value is -1.34. The Morgan fingerprint density at radius 1 is 1.13 bits per heavy atom. The Bertz CT molecular complexity index is 367. The number of morpholine rings is 1. The Kier molecular flexibility index (Phi) is 9.63. The van der Waals surface area contributed by atoms with Gasteiger partial charge in [-0.3, -0.25) is 9.69 Å². The fraction of sp³-hybridized carbons (Fsp3) is 0.875. The topological polar surface area (TPSA) is 78.0 Å². The van der Waals surface area contributed by atoms with Crippen LogP contribution in [0.5, 0.6) is 0 Å². The molecule has 0 saturated carbocycles. The molecule has 1 heterocycles. The highest BCUT2D eigenvalue weighted by atomic mass is 16.5. The summed E-state index contributed by atoms with van der Waals surface area (Å²) >= 11 is 0. The Balaban J connectivity index is 2.55. The molecule has 0 aromatic carbocycles. The van der Waals surface area contributed by atoms with E-state index >= 15 is 0 Å². The van der Waals surface area contributed by atoms with Crippen molar-refractivity contribution in [2.24, 2.45) is 10.9 Å². The average Bonchev–Trinajstić information content (AvgIpc) is 2.53. The molecule has 1 aliphatic rings. The predicted molar refractivity (Wildman–Crippen MR) is 93.7 cm³/mol. The molecular formula is C16H33N5O2. The summed E-state index contributed by atoms with van der Waals surface area (Å²) < 4.78 is 5.44. The standard InChI is InChI=1S/C16H33N5O2/c1-5-17-15(22)12-20-16(18-6-2)19-11-14(13(3)4)21-7-9-23-10-8-21/h13-14H,5-12H2,1-4H3,(H,17,22)(H2,18,19,20). The maximum atomic E-state index is 11.5. The zero-order valence-corrected chi connectivity index (χ0v) is 15.0. The van der Waals surface area contributed by atoms with E-state index in [1.165, 1.54) is 0 Å². The van der Waals surface area contributed by atoms with Crippen molar-refractivity contribution in [1.29, 1.82) is 0 Å². The quantitative estimate of drug-likeness (QED) is 0.433. The maximum Gasteiger partial charge on any atom is 0.241 e. The van der Waals surface area contributed by atoms with Crippen molar-refractivity contribution in [3.05, 3.63) is 0 Å². The zero-order valence-electron chi connectivity index (χ0n) is 15.0. The Morgan fingerprint density at radius 2 is 1.78 bits per heavy atom. The van der Waals surface area contributed by atoms with Crippen molar-refractivity contribution >= 4 is 11.9 Å². The van der Waals surface area contributed by atoms with E-state index in [0.717, 1.165) is 39.4 Å². The number of guanidine groups is 1. The van der Waals surface area contributed by atoms with Crippen LogP contribution in [0.25, 0.3) is 0 Å². The number of hydrogen-bond acceptors (Lipinski definition) is 4. The van der Waals surface area contributed by atoms with Crippen molar-refractivity contribution in [2.75, 3.05) is 52.5 Å². The highest BCUT2D eigenvalue weighted by Gasteiger charge is 2.23. The first-order chi connectivity index (χ1) is 11.1. The molecule has 3 N–H and O–H groups in total. The number of carbonyl (C=O) groups is 1. The molecular weight excluding hydrogens is 294 g/mol. The van der Waals surface area contributed by atoms with Gasteiger partial charge >= 0.3 is 0 Å². The summed E-state index contributed by atoms with van der Waals surface area (Å²) in [4.78, 5) is 18.4. The summed E-state index contributed by atoms with van der Waals surface area (Å²) in [6.45, 7) is 14.3. The minimum Gasteiger partial charge on any atom is -0.379 e. The number of amides is 1. The molecule has 0 radical (unpaired) electrons. The molecule has 1 saturated heterocycles. The highest BCUT2D eigenvalue weighted by Crippen LogP contribution is 2.12. The normalized spacial score (nSPS) is 17.9. The second-order valence-electron chi connectivity index (χ2n) is 5.99. The molecule has 1 atom stereocenters. The summed E-state index contributed by atoms with van der Waals surface area (Å²) in [7, 11) is 0. The van der Waals surface area contributed by atoms with Gasteiger partial charge in [0, 0.05) is 38.8 Å². The van der Waals surface area contributed by atoms with Crippen molar-refractivity contribution in [1.82, 2.24) is 20.9 Å². The SMILES string of the molecule is CCNC(=O)CN=C(NCC)NCC(C(C)C)N1CCOCC1. The molecule has 0 aromatic heterocycles. The summed E-state index contributed by atoms with van der Waals surface area (Å²) in [6.07, 6.45) is 0. The number of aliphatic imine (C=N–C) groups is 1. The van der Waals surface area contributed by atoms with Gasteiger partial charge in [-0.05, 0) is 19.8 Å². The maximum absolute atomic E-state index is 11.5. The molecule has 7 nitrogen and oxygen atoms in total. The van der Waals surface area contributed by atoms with E-state index in [1.807, 2.05) is 13.8 Å². The third kappa shape index (κ3) is 7.65. The predicted octanol–water partition coefficient (Wildman–Crippen LogP) is 0.0344. The van der Waals surface area contributed by atoms with E-state index in [1.54, 1.807) is 0 Å². The third-order valence-electron chi connectivity index (χ3n) is 3.86. The Morgan fingerprint density at radius 3 is 2.35 bits per heavy atom. The van der Waals surface area contributed by atoms with Crippen molar-refractivity contribution in [3.63, 3.8) is 0 Å². The van der Waals surface area contributed by atoms with Crippen molar-refractivity contribution < 1.29 is 9.53 Å². The second kappa shape index (κ2) is 11.2. The molecule has 0 bridgehead atoms. The molecule has 23 heavy (non-hydrogen) atoms. The summed E-state index contributed by atoms with van der Waals surface area (Å²) in [6, 6.07) is 0.423. The van der Waals surface area contributed by atoms with Gasteiger partial charge in [0.25, 0.3) is 0 Å². The second-order valence-corrected chi connectivity index (χ2v) is 5.99. The fourth-order valence-electron chi connectivity index (χ4n) is 2.64. The lowest BCUT2D eigenvalue weighted by Crippen LogP contribution is -2.52. The molecule has 0 aromatic rings. The smallest absolute Gasteiger partial charge is 0.241 e. The molecule has 1 unspecified atom stereocenters. The molecule has 134 valence electrons. The van der Waals surface area contributed by atoms with Crippen LogP contribution in [0.3, 0.4) is 0 Å². The van der Waals surface area contributed by atoms with Gasteiger partial charge in [-0.1, -0.05) is 13.8 Å². The van der Waals surface area contributed by atoms with Crippen LogP contribution in [0, 0.1) is 5.92 Å². The van der Waals surface area contributed by atoms with E-state index < -0.39 is 0 Å². The number of likely N-dealkylation sites (N-methyl/N-ethyl adjacent to an activating group) is 1. The van der Waals surface area contributed by atoms with Gasteiger partial charge in [0.05, 0.1) is 13.2 Å². The minimum absolute atomic E-state index is 0.0571. The number of hydrogen-bond donors (Lipinski definition) is 3. The lowest BCUT2D eigenvalue weighted by atomic mass is 10.0. The van der Waals surface area contributed by atoms with Crippen LogP contribution in [-0.2, 0) is 9.53 Å².